The van der Waals surface area contributed by atoms with Crippen LogP contribution in [0, 0.1) is 6.92 Å². The van der Waals surface area contributed by atoms with Crippen LogP contribution in [-0.2, 0) is 16.1 Å². The van der Waals surface area contributed by atoms with Crippen molar-refractivity contribution in [2.75, 3.05) is 13.7 Å². The minimum Gasteiger partial charge on any atom is -0.497 e. The molecular weight excluding hydrogens is 332 g/mol. The fourth-order valence-corrected chi connectivity index (χ4v) is 2.64. The number of esters is 1. The molecule has 0 bridgehead atoms. The number of hydrogen-bond donors (Lipinski definition) is 0. The molecule has 2 heterocycles. The first kappa shape index (κ1) is 17.8. The number of carbonyl (C=O) groups excluding carboxylic acids is 1. The molecule has 26 heavy (non-hydrogen) atoms. The Kier molecular flexibility index (Phi) is 5.73. The van der Waals surface area contributed by atoms with Crippen molar-refractivity contribution in [1.82, 2.24) is 9.38 Å². The second kappa shape index (κ2) is 8.38. The number of aryl methyl sites for hydroxylation is 1. The number of hydrogen-bond acceptors (Lipinski definition) is 5. The van der Waals surface area contributed by atoms with Gasteiger partial charge >= 0.3 is 5.97 Å². The van der Waals surface area contributed by atoms with Crippen molar-refractivity contribution < 1.29 is 19.0 Å². The van der Waals surface area contributed by atoms with E-state index in [0.29, 0.717) is 19.4 Å². The molecule has 136 valence electrons. The van der Waals surface area contributed by atoms with Gasteiger partial charge in [-0.3, -0.25) is 4.79 Å². The monoisotopic (exact) mass is 354 g/mol. The Labute approximate surface area is 152 Å². The number of ether oxygens (including phenoxy) is 3. The molecule has 0 radical (unpaired) electrons. The second-order valence-electron chi connectivity index (χ2n) is 5.86. The summed E-state index contributed by atoms with van der Waals surface area (Å²) in [4.78, 5) is 16.4. The molecule has 0 atom stereocenters. The van der Waals surface area contributed by atoms with Crippen LogP contribution in [-0.4, -0.2) is 29.1 Å². The zero-order chi connectivity index (χ0) is 18.4. The second-order valence-corrected chi connectivity index (χ2v) is 5.86. The molecule has 0 aliphatic rings. The van der Waals surface area contributed by atoms with Crippen molar-refractivity contribution >= 4 is 11.6 Å². The Morgan fingerprint density at radius 1 is 1.12 bits per heavy atom. The molecule has 3 rings (SSSR count). The highest BCUT2D eigenvalue weighted by Crippen LogP contribution is 2.17. The first-order chi connectivity index (χ1) is 12.7. The van der Waals surface area contributed by atoms with Crippen molar-refractivity contribution in [3.8, 4) is 11.5 Å². The number of benzene rings is 1. The maximum atomic E-state index is 12.0. The summed E-state index contributed by atoms with van der Waals surface area (Å²) in [6.07, 6.45) is 2.82. The zero-order valence-corrected chi connectivity index (χ0v) is 15.0. The van der Waals surface area contributed by atoms with Crippen LogP contribution in [0.1, 0.15) is 24.2 Å². The van der Waals surface area contributed by atoms with E-state index in [2.05, 4.69) is 4.98 Å². The lowest BCUT2D eigenvalue weighted by molar-refractivity contribution is -0.145. The summed E-state index contributed by atoms with van der Waals surface area (Å²) in [5.74, 6) is 1.29. The Hall–Kier alpha value is -3.02. The number of rotatable bonds is 8. The Balaban J connectivity index is 1.42. The van der Waals surface area contributed by atoms with Gasteiger partial charge in [-0.25, -0.2) is 4.98 Å². The number of fused-ring (bicyclic) bond motifs is 1. The highest BCUT2D eigenvalue weighted by Gasteiger charge is 2.11. The Bertz CT molecular complexity index is 871. The summed E-state index contributed by atoms with van der Waals surface area (Å²) in [6, 6.07) is 13.1. The average Bonchev–Trinajstić information content (AvgIpc) is 2.99. The molecule has 0 spiro atoms. The maximum absolute atomic E-state index is 12.0. The van der Waals surface area contributed by atoms with E-state index in [0.717, 1.165) is 28.5 Å². The first-order valence-electron chi connectivity index (χ1n) is 8.52. The number of pyridine rings is 1. The van der Waals surface area contributed by atoms with Crippen LogP contribution in [0.3, 0.4) is 0 Å². The third-order valence-electron chi connectivity index (χ3n) is 4.05. The van der Waals surface area contributed by atoms with Gasteiger partial charge in [0.2, 0.25) is 0 Å². The highest BCUT2D eigenvalue weighted by atomic mass is 16.5. The molecule has 0 saturated carbocycles. The highest BCUT2D eigenvalue weighted by molar-refractivity contribution is 5.69. The van der Waals surface area contributed by atoms with E-state index in [1.165, 1.54) is 0 Å². The number of aromatic nitrogens is 2. The standard InChI is InChI=1S/C20H22N2O4/c1-15-18(22-12-4-3-6-19(22)21-15)14-26-20(23)7-5-13-25-17-10-8-16(24-2)9-11-17/h3-4,6,8-12H,5,7,13-14H2,1-2H3. The van der Waals surface area contributed by atoms with Crippen LogP contribution >= 0.6 is 0 Å². The normalized spacial score (nSPS) is 10.7. The third kappa shape index (κ3) is 4.33. The fourth-order valence-electron chi connectivity index (χ4n) is 2.64. The number of carbonyl (C=O) groups is 1. The van der Waals surface area contributed by atoms with Gasteiger partial charge in [0.05, 0.1) is 25.1 Å². The van der Waals surface area contributed by atoms with E-state index in [1.54, 1.807) is 7.11 Å². The summed E-state index contributed by atoms with van der Waals surface area (Å²) in [6.45, 7) is 2.59. The van der Waals surface area contributed by atoms with Crippen LogP contribution in [0.25, 0.3) is 5.65 Å². The number of imidazole rings is 1. The van der Waals surface area contributed by atoms with Crippen LogP contribution in [0.5, 0.6) is 11.5 Å². The number of nitrogens with zero attached hydrogens (tertiary/aromatic N) is 2. The van der Waals surface area contributed by atoms with E-state index in [4.69, 9.17) is 14.2 Å². The van der Waals surface area contributed by atoms with Gasteiger partial charge in [-0.05, 0) is 49.7 Å². The molecule has 0 aliphatic heterocycles. The van der Waals surface area contributed by atoms with Crippen molar-refractivity contribution in [2.45, 2.75) is 26.4 Å². The minimum absolute atomic E-state index is 0.217. The van der Waals surface area contributed by atoms with Gasteiger partial charge < -0.3 is 18.6 Å². The van der Waals surface area contributed by atoms with E-state index < -0.39 is 0 Å². The SMILES string of the molecule is COc1ccc(OCCCC(=O)OCc2c(C)nc3ccccn23)cc1. The Morgan fingerprint density at radius 3 is 2.65 bits per heavy atom. The van der Waals surface area contributed by atoms with Crippen molar-refractivity contribution in [2.24, 2.45) is 0 Å². The lowest BCUT2D eigenvalue weighted by Crippen LogP contribution is -2.08. The summed E-state index contributed by atoms with van der Waals surface area (Å²) in [5, 5.41) is 0. The summed E-state index contributed by atoms with van der Waals surface area (Å²) in [7, 11) is 1.62. The van der Waals surface area contributed by atoms with Crippen LogP contribution < -0.4 is 9.47 Å². The first-order valence-corrected chi connectivity index (χ1v) is 8.52. The fraction of sp³-hybridized carbons (Fsp3) is 0.300. The van der Waals surface area contributed by atoms with E-state index >= 15 is 0 Å². The van der Waals surface area contributed by atoms with Crippen molar-refractivity contribution in [3.63, 3.8) is 0 Å². The van der Waals surface area contributed by atoms with Gasteiger partial charge in [-0.2, -0.15) is 0 Å². The largest absolute Gasteiger partial charge is 0.497 e. The van der Waals surface area contributed by atoms with Crippen LogP contribution in [0.15, 0.2) is 48.7 Å². The summed E-state index contributed by atoms with van der Waals surface area (Å²) in [5.41, 5.74) is 2.61. The van der Waals surface area contributed by atoms with E-state index in [1.807, 2.05) is 60.0 Å². The van der Waals surface area contributed by atoms with Gasteiger partial charge in [-0.1, -0.05) is 6.07 Å². The molecule has 6 nitrogen and oxygen atoms in total. The lowest BCUT2D eigenvalue weighted by atomic mass is 10.3. The number of methoxy groups -OCH3 is 1. The minimum atomic E-state index is -0.242. The van der Waals surface area contributed by atoms with Crippen LogP contribution in [0.4, 0.5) is 0 Å². The van der Waals surface area contributed by atoms with Crippen molar-refractivity contribution in [1.29, 1.82) is 0 Å². The quantitative estimate of drug-likeness (QED) is 0.457. The molecule has 2 aromatic heterocycles. The molecule has 6 heteroatoms. The molecular formula is C20H22N2O4. The predicted octanol–water partition coefficient (Wildman–Crippen LogP) is 3.55. The topological polar surface area (TPSA) is 62.1 Å². The smallest absolute Gasteiger partial charge is 0.306 e. The van der Waals surface area contributed by atoms with Gasteiger partial charge in [0, 0.05) is 12.6 Å². The predicted molar refractivity (Wildman–Crippen MR) is 97.4 cm³/mol. The molecule has 0 N–H and O–H groups in total. The van der Waals surface area contributed by atoms with Gasteiger partial charge in [0.15, 0.2) is 0 Å². The summed E-state index contributed by atoms with van der Waals surface area (Å²) < 4.78 is 18.0. The molecule has 0 unspecified atom stereocenters. The van der Waals surface area contributed by atoms with E-state index in [9.17, 15) is 4.79 Å². The molecule has 3 aromatic rings. The molecule has 0 fully saturated rings. The molecule has 0 saturated heterocycles. The summed E-state index contributed by atoms with van der Waals surface area (Å²) >= 11 is 0. The maximum Gasteiger partial charge on any atom is 0.306 e. The zero-order valence-electron chi connectivity index (χ0n) is 15.0. The average molecular weight is 354 g/mol. The van der Waals surface area contributed by atoms with Gasteiger partial charge in [0.25, 0.3) is 0 Å². The molecule has 0 aliphatic carbocycles. The molecule has 0 amide bonds. The van der Waals surface area contributed by atoms with Crippen molar-refractivity contribution in [3.05, 3.63) is 60.0 Å². The van der Waals surface area contributed by atoms with Crippen LogP contribution in [0.2, 0.25) is 0 Å². The lowest BCUT2D eigenvalue weighted by Gasteiger charge is -2.08. The van der Waals surface area contributed by atoms with Gasteiger partial charge in [0.1, 0.15) is 23.8 Å². The molecule has 1 aromatic carbocycles. The Morgan fingerprint density at radius 2 is 1.88 bits per heavy atom. The van der Waals surface area contributed by atoms with E-state index in [-0.39, 0.29) is 12.6 Å². The van der Waals surface area contributed by atoms with Gasteiger partial charge in [-0.15, -0.1) is 0 Å². The third-order valence-corrected chi connectivity index (χ3v) is 4.05.